The van der Waals surface area contributed by atoms with Gasteiger partial charge in [-0.15, -0.1) is 0 Å². The fourth-order valence-electron chi connectivity index (χ4n) is 4.10. The van der Waals surface area contributed by atoms with Gasteiger partial charge in [-0.2, -0.15) is 0 Å². The number of carbonyl (C=O) groups excluding carboxylic acids is 2. The van der Waals surface area contributed by atoms with Crippen LogP contribution in [0.3, 0.4) is 0 Å². The highest BCUT2D eigenvalue weighted by molar-refractivity contribution is 7.57. The number of nitrogens with one attached hydrogen (secondary N) is 1. The molecule has 2 amide bonds. The van der Waals surface area contributed by atoms with Crippen LogP contribution < -0.4 is 5.32 Å². The largest absolute Gasteiger partial charge is 0.354 e. The van der Waals surface area contributed by atoms with Crippen molar-refractivity contribution in [3.63, 3.8) is 0 Å². The highest BCUT2D eigenvalue weighted by Gasteiger charge is 2.41. The topological polar surface area (TPSA) is 88.2 Å². The minimum absolute atomic E-state index is 0.0748. The molecule has 8 nitrogen and oxygen atoms in total. The summed E-state index contributed by atoms with van der Waals surface area (Å²) in [6.07, 6.45) is 5.76. The van der Waals surface area contributed by atoms with Crippen LogP contribution in [0, 0.1) is 11.8 Å². The second kappa shape index (κ2) is 13.5. The first-order valence-corrected chi connectivity index (χ1v) is 14.1. The molecule has 0 aromatic rings. The van der Waals surface area contributed by atoms with Gasteiger partial charge in [0, 0.05) is 26.9 Å². The molecule has 1 aliphatic rings. The highest BCUT2D eigenvalue weighted by Crippen LogP contribution is 2.37. The summed E-state index contributed by atoms with van der Waals surface area (Å²) in [6.45, 7) is 12.2. The molecule has 1 heterocycles. The van der Waals surface area contributed by atoms with E-state index in [9.17, 15) is 14.2 Å². The van der Waals surface area contributed by atoms with Gasteiger partial charge in [-0.25, -0.2) is 0 Å². The summed E-state index contributed by atoms with van der Waals surface area (Å²) in [6, 6.07) is -1.16. The zero-order valence-corrected chi connectivity index (χ0v) is 22.1. The Balaban J connectivity index is 3.34. The van der Waals surface area contributed by atoms with Gasteiger partial charge >= 0.3 is 0 Å². The van der Waals surface area contributed by atoms with Gasteiger partial charge in [0.25, 0.3) is 0 Å². The Labute approximate surface area is 194 Å². The Bertz CT molecular complexity index is 679. The third kappa shape index (κ3) is 8.97. The van der Waals surface area contributed by atoms with E-state index in [0.29, 0.717) is 13.0 Å². The summed E-state index contributed by atoms with van der Waals surface area (Å²) in [5.74, 6) is -0.321. The lowest BCUT2D eigenvalue weighted by molar-refractivity contribution is -0.155. The number of allylic oxidation sites excluding steroid dienone is 2. The second-order valence-corrected chi connectivity index (χ2v) is 12.2. The molecule has 9 heteroatoms. The number of nitrogens with zero attached hydrogens (tertiary/aromatic N) is 2. The van der Waals surface area contributed by atoms with Gasteiger partial charge in [-0.05, 0) is 51.6 Å². The molecular weight excluding hydrogens is 429 g/mol. The van der Waals surface area contributed by atoms with Gasteiger partial charge < -0.3 is 19.5 Å². The lowest BCUT2D eigenvalue weighted by Crippen LogP contribution is -2.60. The standard InChI is InChI=1S/C23H44N3O5P/c1-9-10-13-18(4)21(30-16-31-32(7,8)29)20-22(27)24-14-11-12-15-25(5)19(17(2)3)23(28)26(20)6/h9-10,17-21H,11-16H2,1-8H3,(H,24,27)/b10-9+. The smallest absolute Gasteiger partial charge is 0.245 e. The molecular formula is C23H44N3O5P. The predicted molar refractivity (Wildman–Crippen MR) is 129 cm³/mol. The van der Waals surface area contributed by atoms with E-state index in [1.807, 2.05) is 46.9 Å². The molecule has 0 aliphatic carbocycles. The molecule has 0 spiro atoms. The molecule has 1 fully saturated rings. The highest BCUT2D eigenvalue weighted by atomic mass is 31.2. The van der Waals surface area contributed by atoms with Crippen LogP contribution in [0.25, 0.3) is 0 Å². The van der Waals surface area contributed by atoms with E-state index < -0.39 is 19.5 Å². The number of ether oxygens (including phenoxy) is 1. The van der Waals surface area contributed by atoms with E-state index in [0.717, 1.165) is 19.4 Å². The maximum atomic E-state index is 13.6. The van der Waals surface area contributed by atoms with E-state index in [1.54, 1.807) is 7.05 Å². The third-order valence-electron chi connectivity index (χ3n) is 5.87. The number of hydrogen-bond acceptors (Lipinski definition) is 6. The number of rotatable bonds is 9. The Morgan fingerprint density at radius 2 is 1.81 bits per heavy atom. The van der Waals surface area contributed by atoms with E-state index in [-0.39, 0.29) is 36.5 Å². The van der Waals surface area contributed by atoms with Crippen LogP contribution in [-0.2, 0) is 23.4 Å². The molecule has 0 aromatic carbocycles. The van der Waals surface area contributed by atoms with Gasteiger partial charge in [0.15, 0.2) is 14.2 Å². The molecule has 1 rings (SSSR count). The normalized spacial score (nSPS) is 24.5. The zero-order valence-electron chi connectivity index (χ0n) is 21.2. The summed E-state index contributed by atoms with van der Waals surface area (Å²) in [5, 5.41) is 2.99. The quantitative estimate of drug-likeness (QED) is 0.314. The SMILES string of the molecule is C/C=C/CC(C)C(OCOP(C)(C)=O)C1C(=O)NCCCCN(C)C(C(C)C)C(=O)N1C. The fraction of sp³-hybridized carbons (Fsp3) is 0.826. The lowest BCUT2D eigenvalue weighted by Gasteiger charge is -2.39. The van der Waals surface area contributed by atoms with E-state index >= 15 is 0 Å². The summed E-state index contributed by atoms with van der Waals surface area (Å²) >= 11 is 0. The number of carbonyl (C=O) groups is 2. The van der Waals surface area contributed by atoms with Crippen molar-refractivity contribution in [1.82, 2.24) is 15.1 Å². The van der Waals surface area contributed by atoms with Crippen molar-refractivity contribution < 1.29 is 23.4 Å². The van der Waals surface area contributed by atoms with Crippen LogP contribution in [-0.4, -0.2) is 87.1 Å². The van der Waals surface area contributed by atoms with Crippen molar-refractivity contribution in [2.45, 2.75) is 65.1 Å². The van der Waals surface area contributed by atoms with E-state index in [2.05, 4.69) is 10.2 Å². The zero-order chi connectivity index (χ0) is 24.5. The van der Waals surface area contributed by atoms with Crippen molar-refractivity contribution in [2.24, 2.45) is 11.8 Å². The maximum Gasteiger partial charge on any atom is 0.245 e. The fourth-order valence-corrected chi connectivity index (χ4v) is 4.42. The molecule has 1 saturated heterocycles. The molecule has 4 atom stereocenters. The van der Waals surface area contributed by atoms with Gasteiger partial charge in [0.05, 0.1) is 12.1 Å². The van der Waals surface area contributed by atoms with E-state index in [1.165, 1.54) is 18.2 Å². The maximum absolute atomic E-state index is 13.6. The van der Waals surface area contributed by atoms with Crippen molar-refractivity contribution in [1.29, 1.82) is 0 Å². The van der Waals surface area contributed by atoms with Gasteiger partial charge in [0.1, 0.15) is 6.04 Å². The van der Waals surface area contributed by atoms with Crippen molar-refractivity contribution in [2.75, 3.05) is 47.3 Å². The molecule has 1 aliphatic heterocycles. The summed E-state index contributed by atoms with van der Waals surface area (Å²) in [7, 11) is 0.898. The summed E-state index contributed by atoms with van der Waals surface area (Å²) in [5.41, 5.74) is 0. The first-order chi connectivity index (χ1) is 14.9. The first-order valence-electron chi connectivity index (χ1n) is 11.6. The average molecular weight is 474 g/mol. The van der Waals surface area contributed by atoms with Crippen molar-refractivity contribution in [3.8, 4) is 0 Å². The number of amides is 2. The van der Waals surface area contributed by atoms with Crippen LogP contribution in [0.1, 0.15) is 47.0 Å². The number of hydrogen-bond donors (Lipinski definition) is 1. The minimum atomic E-state index is -2.75. The Morgan fingerprint density at radius 3 is 2.38 bits per heavy atom. The molecule has 4 unspecified atom stereocenters. The average Bonchev–Trinajstić information content (AvgIpc) is 2.70. The Hall–Kier alpha value is -1.21. The molecule has 0 aromatic heterocycles. The summed E-state index contributed by atoms with van der Waals surface area (Å²) in [4.78, 5) is 30.6. The number of likely N-dealkylation sites (N-methyl/N-ethyl adjacent to an activating group) is 2. The van der Waals surface area contributed by atoms with Crippen LogP contribution in [0.2, 0.25) is 0 Å². The van der Waals surface area contributed by atoms with Crippen molar-refractivity contribution >= 4 is 19.2 Å². The molecule has 0 radical (unpaired) electrons. The van der Waals surface area contributed by atoms with Crippen LogP contribution in [0.4, 0.5) is 0 Å². The Morgan fingerprint density at radius 1 is 1.16 bits per heavy atom. The first kappa shape index (κ1) is 28.8. The molecule has 1 N–H and O–H groups in total. The van der Waals surface area contributed by atoms with Gasteiger partial charge in [0.2, 0.25) is 11.8 Å². The molecule has 32 heavy (non-hydrogen) atoms. The van der Waals surface area contributed by atoms with Crippen LogP contribution in [0.15, 0.2) is 12.2 Å². The molecule has 0 saturated carbocycles. The van der Waals surface area contributed by atoms with Gasteiger partial charge in [-0.3, -0.25) is 19.1 Å². The van der Waals surface area contributed by atoms with E-state index in [4.69, 9.17) is 9.26 Å². The second-order valence-electron chi connectivity index (χ2n) is 9.47. The third-order valence-corrected chi connectivity index (χ3v) is 6.60. The predicted octanol–water partition coefficient (Wildman–Crippen LogP) is 3.18. The summed E-state index contributed by atoms with van der Waals surface area (Å²) < 4.78 is 23.4. The lowest BCUT2D eigenvalue weighted by atomic mass is 9.91. The minimum Gasteiger partial charge on any atom is -0.354 e. The van der Waals surface area contributed by atoms with Crippen LogP contribution >= 0.6 is 7.37 Å². The van der Waals surface area contributed by atoms with Crippen molar-refractivity contribution in [3.05, 3.63) is 12.2 Å². The Kier molecular flexibility index (Phi) is 12.1. The molecule has 186 valence electrons. The van der Waals surface area contributed by atoms with Gasteiger partial charge in [-0.1, -0.05) is 32.9 Å². The van der Waals surface area contributed by atoms with Crippen LogP contribution in [0.5, 0.6) is 0 Å². The monoisotopic (exact) mass is 473 g/mol. The molecule has 0 bridgehead atoms.